The average molecular weight is 193 g/mol. The molecule has 0 unspecified atom stereocenters. The number of rotatable bonds is 1. The number of aromatic carboxylic acids is 1. The van der Waals surface area contributed by atoms with E-state index in [1.165, 1.54) is 12.1 Å². The Hall–Kier alpha value is -1.84. The van der Waals surface area contributed by atoms with E-state index in [0.717, 1.165) is 0 Å². The number of benzene rings is 1. The van der Waals surface area contributed by atoms with Crippen molar-refractivity contribution in [1.82, 2.24) is 4.57 Å². The lowest BCUT2D eigenvalue weighted by Gasteiger charge is -2.00. The minimum Gasteiger partial charge on any atom is -0.478 e. The minimum absolute atomic E-state index is 0.292. The highest BCUT2D eigenvalue weighted by molar-refractivity contribution is 5.93. The molecule has 3 nitrogen and oxygen atoms in total. The van der Waals surface area contributed by atoms with Gasteiger partial charge in [0, 0.05) is 24.1 Å². The van der Waals surface area contributed by atoms with Gasteiger partial charge in [-0.25, -0.2) is 9.18 Å². The third-order valence-corrected chi connectivity index (χ3v) is 2.20. The van der Waals surface area contributed by atoms with Crippen LogP contribution >= 0.6 is 0 Å². The summed E-state index contributed by atoms with van der Waals surface area (Å²) in [4.78, 5) is 10.6. The number of fused-ring (bicyclic) bond motifs is 1. The van der Waals surface area contributed by atoms with Crippen LogP contribution in [0, 0.1) is 5.82 Å². The van der Waals surface area contributed by atoms with Gasteiger partial charge < -0.3 is 9.67 Å². The van der Waals surface area contributed by atoms with Gasteiger partial charge in [0.2, 0.25) is 0 Å². The van der Waals surface area contributed by atoms with Crippen molar-refractivity contribution in [2.24, 2.45) is 7.05 Å². The number of carboxylic acid groups (broad SMARTS) is 1. The monoisotopic (exact) mass is 193 g/mol. The Morgan fingerprint density at radius 3 is 2.86 bits per heavy atom. The lowest BCUT2D eigenvalue weighted by atomic mass is 10.1. The molecule has 0 radical (unpaired) electrons. The molecule has 0 saturated heterocycles. The molecule has 1 N–H and O–H groups in total. The Kier molecular flexibility index (Phi) is 1.77. The van der Waals surface area contributed by atoms with Gasteiger partial charge in [-0.3, -0.25) is 0 Å². The summed E-state index contributed by atoms with van der Waals surface area (Å²) in [6, 6.07) is 4.32. The highest BCUT2D eigenvalue weighted by atomic mass is 19.1. The van der Waals surface area contributed by atoms with E-state index in [0.29, 0.717) is 10.9 Å². The van der Waals surface area contributed by atoms with Crippen molar-refractivity contribution in [3.8, 4) is 0 Å². The molecule has 1 heterocycles. The quantitative estimate of drug-likeness (QED) is 0.752. The first-order chi connectivity index (χ1) is 6.59. The Morgan fingerprint density at radius 1 is 1.50 bits per heavy atom. The molecule has 1 aromatic heterocycles. The average Bonchev–Trinajstić information content (AvgIpc) is 2.46. The summed E-state index contributed by atoms with van der Waals surface area (Å²) in [7, 11) is 1.78. The molecule has 4 heteroatoms. The molecule has 0 bridgehead atoms. The molecule has 0 spiro atoms. The van der Waals surface area contributed by atoms with Gasteiger partial charge in [-0.05, 0) is 18.2 Å². The molecule has 0 amide bonds. The number of carbonyl (C=O) groups is 1. The van der Waals surface area contributed by atoms with E-state index >= 15 is 0 Å². The van der Waals surface area contributed by atoms with E-state index in [4.69, 9.17) is 5.11 Å². The van der Waals surface area contributed by atoms with Crippen LogP contribution < -0.4 is 0 Å². The maximum absolute atomic E-state index is 13.2. The first-order valence-corrected chi connectivity index (χ1v) is 4.07. The first kappa shape index (κ1) is 8.74. The number of hydrogen-bond acceptors (Lipinski definition) is 1. The fourth-order valence-electron chi connectivity index (χ4n) is 1.45. The molecule has 2 rings (SSSR count). The summed E-state index contributed by atoms with van der Waals surface area (Å²) in [5.74, 6) is -1.94. The van der Waals surface area contributed by atoms with Crippen LogP contribution in [0.3, 0.4) is 0 Å². The third-order valence-electron chi connectivity index (χ3n) is 2.20. The van der Waals surface area contributed by atoms with Crippen LogP contribution in [0.5, 0.6) is 0 Å². The van der Waals surface area contributed by atoms with Crippen molar-refractivity contribution in [1.29, 1.82) is 0 Å². The summed E-state index contributed by atoms with van der Waals surface area (Å²) in [5.41, 5.74) is 0.420. The molecule has 0 aliphatic heterocycles. The standard InChI is InChI=1S/C10H8FNO2/c1-12-3-2-6-4-8(11)7(10(13)14)5-9(6)12/h2-5H,1H3,(H,13,14). The predicted octanol–water partition coefficient (Wildman–Crippen LogP) is 2.02. The Bertz CT molecular complexity index is 516. The lowest BCUT2D eigenvalue weighted by molar-refractivity contribution is 0.0692. The fraction of sp³-hybridized carbons (Fsp3) is 0.100. The number of hydrogen-bond donors (Lipinski definition) is 1. The second-order valence-corrected chi connectivity index (χ2v) is 3.12. The third kappa shape index (κ3) is 1.16. The molecule has 0 aliphatic rings. The molecule has 72 valence electrons. The smallest absolute Gasteiger partial charge is 0.338 e. The Balaban J connectivity index is 2.80. The predicted molar refractivity (Wildman–Crippen MR) is 49.8 cm³/mol. The van der Waals surface area contributed by atoms with Crippen molar-refractivity contribution in [2.75, 3.05) is 0 Å². The molecule has 0 atom stereocenters. The van der Waals surface area contributed by atoms with Gasteiger partial charge in [0.05, 0.1) is 5.56 Å². The minimum atomic E-state index is -1.24. The van der Waals surface area contributed by atoms with Crippen molar-refractivity contribution in [3.05, 3.63) is 35.8 Å². The molecule has 0 fully saturated rings. The van der Waals surface area contributed by atoms with Crippen LogP contribution in [0.2, 0.25) is 0 Å². The molecule has 0 aliphatic carbocycles. The van der Waals surface area contributed by atoms with E-state index in [-0.39, 0.29) is 5.56 Å². The summed E-state index contributed by atoms with van der Waals surface area (Å²) in [5, 5.41) is 9.41. The van der Waals surface area contributed by atoms with E-state index in [2.05, 4.69) is 0 Å². The second-order valence-electron chi connectivity index (χ2n) is 3.12. The van der Waals surface area contributed by atoms with Gasteiger partial charge in [0.15, 0.2) is 0 Å². The number of aromatic nitrogens is 1. The lowest BCUT2D eigenvalue weighted by Crippen LogP contribution is -2.00. The van der Waals surface area contributed by atoms with Crippen LogP contribution in [0.25, 0.3) is 10.9 Å². The van der Waals surface area contributed by atoms with Gasteiger partial charge in [0.1, 0.15) is 5.82 Å². The van der Waals surface area contributed by atoms with Gasteiger partial charge in [-0.15, -0.1) is 0 Å². The van der Waals surface area contributed by atoms with Crippen molar-refractivity contribution in [2.45, 2.75) is 0 Å². The summed E-state index contributed by atoms with van der Waals surface area (Å²) >= 11 is 0. The van der Waals surface area contributed by atoms with E-state index < -0.39 is 11.8 Å². The molecule has 14 heavy (non-hydrogen) atoms. The summed E-state index contributed by atoms with van der Waals surface area (Å²) in [6.07, 6.45) is 1.76. The first-order valence-electron chi connectivity index (χ1n) is 4.07. The molecule has 1 aromatic carbocycles. The fourth-order valence-corrected chi connectivity index (χ4v) is 1.45. The largest absolute Gasteiger partial charge is 0.478 e. The number of halogens is 1. The van der Waals surface area contributed by atoms with E-state index in [9.17, 15) is 9.18 Å². The maximum Gasteiger partial charge on any atom is 0.338 e. The summed E-state index contributed by atoms with van der Waals surface area (Å²) in [6.45, 7) is 0. The van der Waals surface area contributed by atoms with Gasteiger partial charge in [-0.2, -0.15) is 0 Å². The Labute approximate surface area is 79.4 Å². The van der Waals surface area contributed by atoms with Crippen LogP contribution in [0.1, 0.15) is 10.4 Å². The topological polar surface area (TPSA) is 42.2 Å². The van der Waals surface area contributed by atoms with Crippen molar-refractivity contribution >= 4 is 16.9 Å². The normalized spacial score (nSPS) is 10.7. The van der Waals surface area contributed by atoms with Crippen molar-refractivity contribution in [3.63, 3.8) is 0 Å². The summed E-state index contributed by atoms with van der Waals surface area (Å²) < 4.78 is 14.9. The SMILES string of the molecule is Cn1ccc2cc(F)c(C(=O)O)cc21. The van der Waals surface area contributed by atoms with Crippen molar-refractivity contribution < 1.29 is 14.3 Å². The number of nitrogens with zero attached hydrogens (tertiary/aromatic N) is 1. The number of carboxylic acids is 1. The van der Waals surface area contributed by atoms with E-state index in [1.54, 1.807) is 23.9 Å². The van der Waals surface area contributed by atoms with Gasteiger partial charge >= 0.3 is 5.97 Å². The maximum atomic E-state index is 13.2. The zero-order chi connectivity index (χ0) is 10.3. The highest BCUT2D eigenvalue weighted by Gasteiger charge is 2.12. The second kappa shape index (κ2) is 2.83. The zero-order valence-corrected chi connectivity index (χ0v) is 7.49. The van der Waals surface area contributed by atoms with E-state index in [1.807, 2.05) is 0 Å². The molecule has 2 aromatic rings. The Morgan fingerprint density at radius 2 is 2.21 bits per heavy atom. The van der Waals surface area contributed by atoms with Gasteiger partial charge in [-0.1, -0.05) is 0 Å². The number of aryl methyl sites for hydroxylation is 1. The van der Waals surface area contributed by atoms with Gasteiger partial charge in [0.25, 0.3) is 0 Å². The van der Waals surface area contributed by atoms with Crippen LogP contribution in [-0.4, -0.2) is 15.6 Å². The zero-order valence-electron chi connectivity index (χ0n) is 7.49. The highest BCUT2D eigenvalue weighted by Crippen LogP contribution is 2.19. The molecule has 0 saturated carbocycles. The van der Waals surface area contributed by atoms with Crippen LogP contribution in [0.4, 0.5) is 4.39 Å². The van der Waals surface area contributed by atoms with Crippen LogP contribution in [0.15, 0.2) is 24.4 Å². The molecular weight excluding hydrogens is 185 g/mol. The molecular formula is C10H8FNO2. The van der Waals surface area contributed by atoms with Crippen LogP contribution in [-0.2, 0) is 7.05 Å².